The summed E-state index contributed by atoms with van der Waals surface area (Å²) in [6.45, 7) is 0.708. The van der Waals surface area contributed by atoms with Crippen LogP contribution in [-0.2, 0) is 4.79 Å². The van der Waals surface area contributed by atoms with E-state index in [9.17, 15) is 14.0 Å². The van der Waals surface area contributed by atoms with Gasteiger partial charge in [-0.1, -0.05) is 12.1 Å². The Labute approximate surface area is 133 Å². The third kappa shape index (κ3) is 3.39. The van der Waals surface area contributed by atoms with E-state index in [0.29, 0.717) is 18.5 Å². The average Bonchev–Trinajstić information content (AvgIpc) is 2.57. The summed E-state index contributed by atoms with van der Waals surface area (Å²) in [5.74, 6) is -0.747. The molecule has 5 heteroatoms. The fourth-order valence-corrected chi connectivity index (χ4v) is 2.63. The van der Waals surface area contributed by atoms with Gasteiger partial charge in [0.05, 0.1) is 5.69 Å². The molecule has 0 spiro atoms. The lowest BCUT2D eigenvalue weighted by atomic mass is 10.1. The number of hydrogen-bond acceptors (Lipinski definition) is 2. The van der Waals surface area contributed by atoms with Crippen LogP contribution in [0.5, 0.6) is 0 Å². The summed E-state index contributed by atoms with van der Waals surface area (Å²) in [7, 11) is 0. The number of carbonyl (C=O) groups is 2. The van der Waals surface area contributed by atoms with E-state index in [0.717, 1.165) is 18.5 Å². The summed E-state index contributed by atoms with van der Waals surface area (Å²) in [6, 6.07) is 12.8. The van der Waals surface area contributed by atoms with Crippen LogP contribution in [0.25, 0.3) is 0 Å². The average molecular weight is 312 g/mol. The van der Waals surface area contributed by atoms with E-state index in [2.05, 4.69) is 5.32 Å². The Morgan fingerprint density at radius 2 is 1.78 bits per heavy atom. The summed E-state index contributed by atoms with van der Waals surface area (Å²) in [5, 5.41) is 2.54. The minimum absolute atomic E-state index is 0.111. The molecule has 1 heterocycles. The van der Waals surface area contributed by atoms with Gasteiger partial charge in [0.2, 0.25) is 5.91 Å². The van der Waals surface area contributed by atoms with Gasteiger partial charge >= 0.3 is 0 Å². The Balaban J connectivity index is 1.73. The number of anilines is 2. The van der Waals surface area contributed by atoms with Crippen LogP contribution in [0.3, 0.4) is 0 Å². The van der Waals surface area contributed by atoms with Crippen molar-refractivity contribution in [1.29, 1.82) is 0 Å². The Bertz CT molecular complexity index is 728. The number of para-hydroxylation sites is 1. The van der Waals surface area contributed by atoms with Gasteiger partial charge in [-0.15, -0.1) is 0 Å². The molecule has 0 aliphatic carbocycles. The van der Waals surface area contributed by atoms with E-state index in [-0.39, 0.29) is 17.5 Å². The SMILES string of the molecule is O=C(Nc1ccccc1F)c1ccc(N2CCCCC2=O)cc1. The number of carbonyl (C=O) groups excluding carboxylic acids is 2. The summed E-state index contributed by atoms with van der Waals surface area (Å²) in [5.41, 5.74) is 1.35. The van der Waals surface area contributed by atoms with Crippen molar-refractivity contribution in [2.24, 2.45) is 0 Å². The van der Waals surface area contributed by atoms with Crippen LogP contribution in [0.2, 0.25) is 0 Å². The van der Waals surface area contributed by atoms with Crippen LogP contribution < -0.4 is 10.2 Å². The predicted molar refractivity (Wildman–Crippen MR) is 87.0 cm³/mol. The molecule has 1 aliphatic heterocycles. The van der Waals surface area contributed by atoms with Crippen molar-refractivity contribution in [3.05, 3.63) is 59.9 Å². The van der Waals surface area contributed by atoms with Crippen LogP contribution in [0.4, 0.5) is 15.8 Å². The Morgan fingerprint density at radius 3 is 2.48 bits per heavy atom. The molecule has 0 aromatic heterocycles. The van der Waals surface area contributed by atoms with Crippen molar-refractivity contribution in [2.45, 2.75) is 19.3 Å². The van der Waals surface area contributed by atoms with Gasteiger partial charge in [0, 0.05) is 24.2 Å². The first-order valence-corrected chi connectivity index (χ1v) is 7.61. The molecule has 3 rings (SSSR count). The molecular formula is C18H17FN2O2. The number of nitrogens with zero attached hydrogens (tertiary/aromatic N) is 1. The standard InChI is InChI=1S/C18H17FN2O2/c19-15-5-1-2-6-16(15)20-18(23)13-8-10-14(11-9-13)21-12-4-3-7-17(21)22/h1-2,5-6,8-11H,3-4,7,12H2,(H,20,23). The van der Waals surface area contributed by atoms with Crippen molar-refractivity contribution in [1.82, 2.24) is 0 Å². The summed E-state index contributed by atoms with van der Waals surface area (Å²) in [6.07, 6.45) is 2.48. The van der Waals surface area contributed by atoms with Crippen LogP contribution in [0.1, 0.15) is 29.6 Å². The fourth-order valence-electron chi connectivity index (χ4n) is 2.63. The van der Waals surface area contributed by atoms with Crippen molar-refractivity contribution in [3.8, 4) is 0 Å². The molecule has 1 saturated heterocycles. The van der Waals surface area contributed by atoms with Gasteiger partial charge in [-0.3, -0.25) is 9.59 Å². The Kier molecular flexibility index (Phi) is 4.37. The lowest BCUT2D eigenvalue weighted by Crippen LogP contribution is -2.35. The molecule has 0 bridgehead atoms. The Morgan fingerprint density at radius 1 is 1.04 bits per heavy atom. The number of nitrogens with one attached hydrogen (secondary N) is 1. The molecule has 1 aliphatic rings. The first-order chi connectivity index (χ1) is 11.1. The first kappa shape index (κ1) is 15.2. The quantitative estimate of drug-likeness (QED) is 0.941. The molecular weight excluding hydrogens is 295 g/mol. The topological polar surface area (TPSA) is 49.4 Å². The maximum atomic E-state index is 13.6. The highest BCUT2D eigenvalue weighted by atomic mass is 19.1. The number of halogens is 1. The first-order valence-electron chi connectivity index (χ1n) is 7.61. The molecule has 2 aromatic carbocycles. The van der Waals surface area contributed by atoms with Gasteiger partial charge < -0.3 is 10.2 Å². The van der Waals surface area contributed by atoms with Gasteiger partial charge in [-0.2, -0.15) is 0 Å². The fraction of sp³-hybridized carbons (Fsp3) is 0.222. The zero-order chi connectivity index (χ0) is 16.2. The van der Waals surface area contributed by atoms with Crippen LogP contribution in [0.15, 0.2) is 48.5 Å². The van der Waals surface area contributed by atoms with Gasteiger partial charge in [0.15, 0.2) is 0 Å². The highest BCUT2D eigenvalue weighted by Gasteiger charge is 2.19. The maximum absolute atomic E-state index is 13.6. The highest BCUT2D eigenvalue weighted by Crippen LogP contribution is 2.22. The molecule has 0 radical (unpaired) electrons. The third-order valence-corrected chi connectivity index (χ3v) is 3.89. The molecule has 23 heavy (non-hydrogen) atoms. The van der Waals surface area contributed by atoms with Crippen molar-refractivity contribution in [2.75, 3.05) is 16.8 Å². The number of piperidine rings is 1. The van der Waals surface area contributed by atoms with Crippen LogP contribution >= 0.6 is 0 Å². The lowest BCUT2D eigenvalue weighted by Gasteiger charge is -2.26. The van der Waals surface area contributed by atoms with Gasteiger partial charge in [-0.05, 0) is 49.2 Å². The summed E-state index contributed by atoms with van der Waals surface area (Å²) in [4.78, 5) is 25.8. The normalized spacial score (nSPS) is 14.7. The second-order valence-corrected chi connectivity index (χ2v) is 5.48. The molecule has 4 nitrogen and oxygen atoms in total. The molecule has 1 N–H and O–H groups in total. The molecule has 2 aromatic rings. The molecule has 1 fully saturated rings. The smallest absolute Gasteiger partial charge is 0.255 e. The molecule has 0 atom stereocenters. The number of hydrogen-bond donors (Lipinski definition) is 1. The zero-order valence-electron chi connectivity index (χ0n) is 12.6. The number of benzene rings is 2. The summed E-state index contributed by atoms with van der Waals surface area (Å²) >= 11 is 0. The number of amides is 2. The van der Waals surface area contributed by atoms with Crippen LogP contribution in [-0.4, -0.2) is 18.4 Å². The Hall–Kier alpha value is -2.69. The predicted octanol–water partition coefficient (Wildman–Crippen LogP) is 3.59. The molecule has 2 amide bonds. The second-order valence-electron chi connectivity index (χ2n) is 5.48. The van der Waals surface area contributed by atoms with E-state index in [1.807, 2.05) is 0 Å². The van der Waals surface area contributed by atoms with E-state index >= 15 is 0 Å². The minimum Gasteiger partial charge on any atom is -0.319 e. The molecule has 118 valence electrons. The maximum Gasteiger partial charge on any atom is 0.255 e. The van der Waals surface area contributed by atoms with Gasteiger partial charge in [-0.25, -0.2) is 4.39 Å². The summed E-state index contributed by atoms with van der Waals surface area (Å²) < 4.78 is 13.6. The minimum atomic E-state index is -0.476. The van der Waals surface area contributed by atoms with E-state index < -0.39 is 5.82 Å². The van der Waals surface area contributed by atoms with Crippen molar-refractivity contribution < 1.29 is 14.0 Å². The molecule has 0 saturated carbocycles. The lowest BCUT2D eigenvalue weighted by molar-refractivity contribution is -0.119. The number of rotatable bonds is 3. The highest BCUT2D eigenvalue weighted by molar-refractivity contribution is 6.04. The van der Waals surface area contributed by atoms with E-state index in [1.165, 1.54) is 12.1 Å². The third-order valence-electron chi connectivity index (χ3n) is 3.89. The van der Waals surface area contributed by atoms with E-state index in [1.54, 1.807) is 41.3 Å². The monoisotopic (exact) mass is 312 g/mol. The zero-order valence-corrected chi connectivity index (χ0v) is 12.6. The second kappa shape index (κ2) is 6.60. The van der Waals surface area contributed by atoms with E-state index in [4.69, 9.17) is 0 Å². The van der Waals surface area contributed by atoms with Gasteiger partial charge in [0.25, 0.3) is 5.91 Å². The van der Waals surface area contributed by atoms with Crippen LogP contribution in [0, 0.1) is 5.82 Å². The van der Waals surface area contributed by atoms with Crippen molar-refractivity contribution >= 4 is 23.2 Å². The molecule has 0 unspecified atom stereocenters. The van der Waals surface area contributed by atoms with Crippen molar-refractivity contribution in [3.63, 3.8) is 0 Å². The van der Waals surface area contributed by atoms with Gasteiger partial charge in [0.1, 0.15) is 5.82 Å². The largest absolute Gasteiger partial charge is 0.319 e.